The maximum absolute atomic E-state index is 13.3. The Kier molecular flexibility index (Phi) is 12.4. The van der Waals surface area contributed by atoms with E-state index in [0.29, 0.717) is 56.2 Å². The molecule has 4 aromatic rings. The van der Waals surface area contributed by atoms with E-state index >= 15 is 0 Å². The quantitative estimate of drug-likeness (QED) is 0.0956. The molecule has 2 saturated carbocycles. The van der Waals surface area contributed by atoms with Crippen molar-refractivity contribution in [1.29, 1.82) is 0 Å². The molecule has 2 atom stereocenters. The van der Waals surface area contributed by atoms with Gasteiger partial charge in [-0.05, 0) is 81.2 Å². The lowest BCUT2D eigenvalue weighted by atomic mass is 9.91. The molecular formula is C46H54N12O5. The summed E-state index contributed by atoms with van der Waals surface area (Å²) in [6.45, 7) is 4.22. The van der Waals surface area contributed by atoms with Crippen molar-refractivity contribution in [2.24, 2.45) is 0 Å². The highest BCUT2D eigenvalue weighted by atomic mass is 16.5. The third-order valence-corrected chi connectivity index (χ3v) is 13.1. The van der Waals surface area contributed by atoms with Gasteiger partial charge in [0.2, 0.25) is 23.7 Å². The molecule has 3 aromatic heterocycles. The summed E-state index contributed by atoms with van der Waals surface area (Å²) in [6.07, 6.45) is 15.8. The van der Waals surface area contributed by atoms with Crippen molar-refractivity contribution in [3.8, 4) is 23.2 Å². The second-order valence-electron chi connectivity index (χ2n) is 17.1. The van der Waals surface area contributed by atoms with Crippen molar-refractivity contribution in [2.75, 3.05) is 41.9 Å². The Labute approximate surface area is 366 Å². The minimum Gasteiger partial charge on any atom is -0.379 e. The standard InChI is InChI=1S/C46H54N12O5/c1-3-38-45(62)55(2)40-26-49-46(52-42(40)58(38)33-11-4-5-12-33)50-31-16-19-36(48-25-31)37-28-57(54-53-37)32-17-14-30(15-18-32)47-22-24-63-23-7-6-9-29-10-8-13-34-35(29)27-56(44(34)61)39-20-21-41(59)51-43(39)60/h8,10,13,16,19,25-26,28,30,32-33,38-39,47H,3-5,7,11-12,14-15,17-18,20-24,27H2,1-2H3,(H,49,50,52)(H,51,59,60)/t30?,32?,38-,39?/m1/s1. The third-order valence-electron chi connectivity index (χ3n) is 13.1. The summed E-state index contributed by atoms with van der Waals surface area (Å²) in [4.78, 5) is 70.0. The van der Waals surface area contributed by atoms with Crippen LogP contribution in [0.4, 0.5) is 23.1 Å². The van der Waals surface area contributed by atoms with Gasteiger partial charge >= 0.3 is 0 Å². The Morgan fingerprint density at radius 2 is 1.76 bits per heavy atom. The van der Waals surface area contributed by atoms with Gasteiger partial charge in [-0.3, -0.25) is 29.5 Å². The first-order chi connectivity index (χ1) is 30.7. The molecule has 17 nitrogen and oxygen atoms in total. The predicted octanol–water partition coefficient (Wildman–Crippen LogP) is 4.67. The van der Waals surface area contributed by atoms with Crippen molar-refractivity contribution in [1.82, 2.24) is 45.5 Å². The zero-order valence-electron chi connectivity index (χ0n) is 35.9. The Bertz CT molecular complexity index is 2410. The van der Waals surface area contributed by atoms with E-state index in [4.69, 9.17) is 9.72 Å². The van der Waals surface area contributed by atoms with E-state index in [9.17, 15) is 19.2 Å². The molecule has 1 saturated heterocycles. The number of piperidine rings is 1. The number of nitrogens with one attached hydrogen (secondary N) is 3. The van der Waals surface area contributed by atoms with Crippen LogP contribution in [-0.2, 0) is 25.7 Å². The number of anilines is 4. The lowest BCUT2D eigenvalue weighted by Gasteiger charge is -2.43. The van der Waals surface area contributed by atoms with Crippen LogP contribution in [0.2, 0.25) is 0 Å². The van der Waals surface area contributed by atoms with E-state index in [1.54, 1.807) is 28.3 Å². The number of carbonyl (C=O) groups is 4. The molecule has 1 aromatic carbocycles. The van der Waals surface area contributed by atoms with Crippen LogP contribution in [0.5, 0.6) is 0 Å². The van der Waals surface area contributed by atoms with Crippen LogP contribution in [0.25, 0.3) is 11.4 Å². The summed E-state index contributed by atoms with van der Waals surface area (Å²) in [5.41, 5.74) is 5.11. The van der Waals surface area contributed by atoms with Crippen LogP contribution >= 0.6 is 0 Å². The molecule has 3 fully saturated rings. The molecule has 0 radical (unpaired) electrons. The summed E-state index contributed by atoms with van der Waals surface area (Å²) in [5, 5.41) is 18.2. The van der Waals surface area contributed by atoms with Gasteiger partial charge in [0.1, 0.15) is 23.5 Å². The highest BCUT2D eigenvalue weighted by Crippen LogP contribution is 2.40. The average Bonchev–Trinajstić information content (AvgIpc) is 4.09. The number of fused-ring (bicyclic) bond motifs is 2. The number of benzene rings is 1. The minimum atomic E-state index is -0.647. The Morgan fingerprint density at radius 1 is 0.921 bits per heavy atom. The average molecular weight is 855 g/mol. The monoisotopic (exact) mass is 854 g/mol. The van der Waals surface area contributed by atoms with E-state index < -0.39 is 11.9 Å². The number of imide groups is 1. The molecule has 3 N–H and O–H groups in total. The summed E-state index contributed by atoms with van der Waals surface area (Å²) >= 11 is 0. The second-order valence-corrected chi connectivity index (χ2v) is 17.1. The molecular weight excluding hydrogens is 801 g/mol. The van der Waals surface area contributed by atoms with E-state index in [1.165, 1.54) is 12.8 Å². The number of rotatable bonds is 13. The van der Waals surface area contributed by atoms with Gasteiger partial charge in [0, 0.05) is 56.2 Å². The van der Waals surface area contributed by atoms with Gasteiger partial charge in [0.15, 0.2) is 5.82 Å². The summed E-state index contributed by atoms with van der Waals surface area (Å²) in [6, 6.07) is 9.46. The van der Waals surface area contributed by atoms with Crippen LogP contribution < -0.4 is 25.8 Å². The number of hydrogen-bond acceptors (Lipinski definition) is 13. The molecule has 1 unspecified atom stereocenters. The zero-order valence-corrected chi connectivity index (χ0v) is 35.9. The first-order valence-electron chi connectivity index (χ1n) is 22.4. The third kappa shape index (κ3) is 8.87. The lowest BCUT2D eigenvalue weighted by Crippen LogP contribution is -2.55. The normalized spacial score (nSPS) is 22.5. The Morgan fingerprint density at radius 3 is 2.54 bits per heavy atom. The highest BCUT2D eigenvalue weighted by Gasteiger charge is 2.42. The first-order valence-corrected chi connectivity index (χ1v) is 22.4. The zero-order chi connectivity index (χ0) is 43.5. The minimum absolute atomic E-state index is 0.0940. The number of hydrogen-bond donors (Lipinski definition) is 3. The molecule has 328 valence electrons. The topological polar surface area (TPSA) is 193 Å². The fourth-order valence-corrected chi connectivity index (χ4v) is 9.73. The Hall–Kier alpha value is -6.25. The largest absolute Gasteiger partial charge is 0.379 e. The number of pyridine rings is 1. The first kappa shape index (κ1) is 42.1. The molecule has 6 heterocycles. The van der Waals surface area contributed by atoms with Gasteiger partial charge in [0.25, 0.3) is 5.91 Å². The molecule has 2 aliphatic carbocycles. The van der Waals surface area contributed by atoms with Gasteiger partial charge in [-0.1, -0.05) is 42.9 Å². The molecule has 9 rings (SSSR count). The molecule has 0 bridgehead atoms. The number of amides is 4. The van der Waals surface area contributed by atoms with Gasteiger partial charge in [-0.25, -0.2) is 9.67 Å². The maximum atomic E-state index is 13.3. The number of nitrogens with zero attached hydrogens (tertiary/aromatic N) is 9. The van der Waals surface area contributed by atoms with Crippen molar-refractivity contribution in [3.05, 3.63) is 65.6 Å². The summed E-state index contributed by atoms with van der Waals surface area (Å²) in [7, 11) is 1.81. The van der Waals surface area contributed by atoms with Crippen LogP contribution in [0.15, 0.2) is 48.9 Å². The van der Waals surface area contributed by atoms with Gasteiger partial charge in [-0.15, -0.1) is 5.10 Å². The van der Waals surface area contributed by atoms with Crippen molar-refractivity contribution in [3.63, 3.8) is 0 Å². The fourth-order valence-electron chi connectivity index (χ4n) is 9.73. The highest BCUT2D eigenvalue weighted by molar-refractivity contribution is 6.06. The molecule has 5 aliphatic rings. The van der Waals surface area contributed by atoms with Crippen molar-refractivity contribution >= 4 is 46.8 Å². The number of likely N-dealkylation sites (N-methyl/N-ethyl adjacent to an activating group) is 1. The van der Waals surface area contributed by atoms with E-state index in [2.05, 4.69) is 59.9 Å². The van der Waals surface area contributed by atoms with E-state index in [1.807, 2.05) is 42.2 Å². The van der Waals surface area contributed by atoms with Gasteiger partial charge < -0.3 is 30.1 Å². The number of carbonyl (C=O) groups excluding carboxylic acids is 4. The lowest BCUT2D eigenvalue weighted by molar-refractivity contribution is -0.137. The predicted molar refractivity (Wildman–Crippen MR) is 235 cm³/mol. The number of aromatic nitrogens is 6. The Balaban J connectivity index is 0.701. The SMILES string of the molecule is CC[C@@H]1C(=O)N(C)c2cnc(Nc3ccc(-c4cn(C5CCC(NCCOCCC#Cc6cccc7c6CN(C6CCC(=O)NC6=O)C7=O)CC5)nn4)nc3)nc2N1C1CCCC1. The van der Waals surface area contributed by atoms with Crippen LogP contribution in [0, 0.1) is 11.8 Å². The van der Waals surface area contributed by atoms with E-state index in [-0.39, 0.29) is 36.2 Å². The van der Waals surface area contributed by atoms with Crippen molar-refractivity contribution < 1.29 is 23.9 Å². The fraction of sp³-hybridized carbons (Fsp3) is 0.500. The molecule has 63 heavy (non-hydrogen) atoms. The number of ether oxygens (including phenoxy) is 1. The van der Waals surface area contributed by atoms with Gasteiger partial charge in [0.05, 0.1) is 49.2 Å². The maximum Gasteiger partial charge on any atom is 0.255 e. The van der Waals surface area contributed by atoms with Crippen LogP contribution in [0.3, 0.4) is 0 Å². The molecule has 3 aliphatic heterocycles. The van der Waals surface area contributed by atoms with Gasteiger partial charge in [-0.2, -0.15) is 4.98 Å². The molecule has 4 amide bonds. The van der Waals surface area contributed by atoms with E-state index in [0.717, 1.165) is 91.2 Å². The summed E-state index contributed by atoms with van der Waals surface area (Å²) < 4.78 is 7.84. The van der Waals surface area contributed by atoms with Crippen LogP contribution in [-0.4, -0.2) is 109 Å². The second kappa shape index (κ2) is 18.6. The summed E-state index contributed by atoms with van der Waals surface area (Å²) in [5.74, 6) is 6.82. The van der Waals surface area contributed by atoms with Crippen molar-refractivity contribution in [2.45, 2.75) is 121 Å². The molecule has 17 heteroatoms. The van der Waals surface area contributed by atoms with Crippen LogP contribution in [0.1, 0.15) is 112 Å². The molecule has 0 spiro atoms. The smallest absolute Gasteiger partial charge is 0.255 e.